The summed E-state index contributed by atoms with van der Waals surface area (Å²) >= 11 is 1.22. The number of nitrogens with one attached hydrogen (secondary N) is 1. The minimum Gasteiger partial charge on any atom is -0.352 e. The average Bonchev–Trinajstić information content (AvgIpc) is 3.40. The van der Waals surface area contributed by atoms with Gasteiger partial charge in [-0.15, -0.1) is 11.3 Å². The third kappa shape index (κ3) is 5.80. The second kappa shape index (κ2) is 11.6. The molecule has 0 saturated heterocycles. The molecule has 2 aromatic carbocycles. The summed E-state index contributed by atoms with van der Waals surface area (Å²) in [7, 11) is 0. The Morgan fingerprint density at radius 1 is 0.917 bits per heavy atom. The van der Waals surface area contributed by atoms with Gasteiger partial charge in [-0.1, -0.05) is 60.7 Å². The molecule has 0 atom stereocenters. The molecule has 0 aliphatic heterocycles. The number of fused-ring (bicyclic) bond motifs is 1. The Morgan fingerprint density at radius 2 is 1.58 bits per heavy atom. The number of hydrogen-bond acceptors (Lipinski definition) is 5. The van der Waals surface area contributed by atoms with Gasteiger partial charge >= 0.3 is 5.69 Å². The fraction of sp³-hybridized carbons (Fsp3) is 0.259. The van der Waals surface area contributed by atoms with Crippen LogP contribution in [0.5, 0.6) is 0 Å². The van der Waals surface area contributed by atoms with Gasteiger partial charge in [-0.3, -0.25) is 23.5 Å². The van der Waals surface area contributed by atoms with Crippen LogP contribution in [-0.4, -0.2) is 32.4 Å². The Balaban J connectivity index is 1.52. The Kier molecular flexibility index (Phi) is 8.12. The highest BCUT2D eigenvalue weighted by Crippen LogP contribution is 2.16. The van der Waals surface area contributed by atoms with Gasteiger partial charge in [0.2, 0.25) is 11.8 Å². The van der Waals surface area contributed by atoms with E-state index in [0.717, 1.165) is 15.7 Å². The van der Waals surface area contributed by atoms with E-state index in [2.05, 4.69) is 5.32 Å². The van der Waals surface area contributed by atoms with Gasteiger partial charge in [-0.2, -0.15) is 0 Å². The second-order valence-electron chi connectivity index (χ2n) is 8.37. The van der Waals surface area contributed by atoms with E-state index in [1.165, 1.54) is 15.9 Å². The molecule has 2 amide bonds. The van der Waals surface area contributed by atoms with Gasteiger partial charge in [0.05, 0.1) is 5.52 Å². The lowest BCUT2D eigenvalue weighted by atomic mass is 10.2. The summed E-state index contributed by atoms with van der Waals surface area (Å²) in [4.78, 5) is 53.6. The van der Waals surface area contributed by atoms with E-state index in [-0.39, 0.29) is 31.3 Å². The zero-order chi connectivity index (χ0) is 25.5. The zero-order valence-corrected chi connectivity index (χ0v) is 20.9. The summed E-state index contributed by atoms with van der Waals surface area (Å²) in [6, 6.07) is 20.8. The lowest BCUT2D eigenvalue weighted by Gasteiger charge is -2.22. The van der Waals surface area contributed by atoms with Crippen molar-refractivity contribution in [3.63, 3.8) is 0 Å². The molecule has 2 heterocycles. The molecular weight excluding hydrogens is 476 g/mol. The SMILES string of the molecule is CCN(Cc1ccccc1)C(=O)Cn1c(=O)n(CCC(=O)NCc2ccccc2)c(=O)c2sccc21. The summed E-state index contributed by atoms with van der Waals surface area (Å²) in [5.74, 6) is -0.485. The highest BCUT2D eigenvalue weighted by Gasteiger charge is 2.20. The van der Waals surface area contributed by atoms with Gasteiger partial charge in [0.1, 0.15) is 11.2 Å². The van der Waals surface area contributed by atoms with Crippen LogP contribution in [0.4, 0.5) is 0 Å². The van der Waals surface area contributed by atoms with Gasteiger partial charge in [0.25, 0.3) is 5.56 Å². The van der Waals surface area contributed by atoms with Crippen molar-refractivity contribution in [2.45, 2.75) is 39.5 Å². The number of aromatic nitrogens is 2. The van der Waals surface area contributed by atoms with E-state index in [4.69, 9.17) is 0 Å². The molecule has 186 valence electrons. The first kappa shape index (κ1) is 25.1. The van der Waals surface area contributed by atoms with Crippen molar-refractivity contribution in [2.75, 3.05) is 6.54 Å². The fourth-order valence-corrected chi connectivity index (χ4v) is 4.84. The van der Waals surface area contributed by atoms with Crippen LogP contribution in [0.3, 0.4) is 0 Å². The van der Waals surface area contributed by atoms with E-state index in [9.17, 15) is 19.2 Å². The molecule has 4 aromatic rings. The largest absolute Gasteiger partial charge is 0.352 e. The maximum absolute atomic E-state index is 13.3. The molecule has 1 N–H and O–H groups in total. The third-order valence-corrected chi connectivity index (χ3v) is 6.87. The molecular formula is C27H28N4O4S. The molecule has 0 saturated carbocycles. The fourth-order valence-electron chi connectivity index (χ4n) is 4.00. The van der Waals surface area contributed by atoms with Crippen molar-refractivity contribution in [2.24, 2.45) is 0 Å². The second-order valence-corrected chi connectivity index (χ2v) is 9.28. The van der Waals surface area contributed by atoms with E-state index >= 15 is 0 Å². The lowest BCUT2D eigenvalue weighted by molar-refractivity contribution is -0.132. The van der Waals surface area contributed by atoms with E-state index in [1.807, 2.05) is 67.6 Å². The van der Waals surface area contributed by atoms with Gasteiger partial charge < -0.3 is 10.2 Å². The number of rotatable bonds is 10. The van der Waals surface area contributed by atoms with Crippen molar-refractivity contribution in [1.29, 1.82) is 0 Å². The predicted octanol–water partition coefficient (Wildman–Crippen LogP) is 2.98. The van der Waals surface area contributed by atoms with Crippen molar-refractivity contribution < 1.29 is 9.59 Å². The smallest absolute Gasteiger partial charge is 0.332 e. The van der Waals surface area contributed by atoms with Crippen molar-refractivity contribution in [3.8, 4) is 0 Å². The number of thiophene rings is 1. The lowest BCUT2D eigenvalue weighted by Crippen LogP contribution is -2.43. The number of likely N-dealkylation sites (N-methyl/N-ethyl adjacent to an activating group) is 1. The molecule has 0 aliphatic carbocycles. The number of amides is 2. The standard InChI is InChI=1S/C27H28N4O4S/c1-2-29(18-21-11-7-4-8-12-21)24(33)19-31-22-14-16-36-25(22)26(34)30(27(31)35)15-13-23(32)28-17-20-9-5-3-6-10-20/h3-12,14,16H,2,13,15,17-19H2,1H3,(H,28,32). The van der Waals surface area contributed by atoms with Gasteiger partial charge in [0, 0.05) is 32.6 Å². The average molecular weight is 505 g/mol. The Labute approximate surface area is 212 Å². The summed E-state index contributed by atoms with van der Waals surface area (Å²) in [5, 5.41) is 4.54. The van der Waals surface area contributed by atoms with E-state index < -0.39 is 11.2 Å². The monoisotopic (exact) mass is 504 g/mol. The van der Waals surface area contributed by atoms with Crippen LogP contribution in [0.2, 0.25) is 0 Å². The van der Waals surface area contributed by atoms with Gasteiger partial charge in [-0.05, 0) is 29.5 Å². The molecule has 0 spiro atoms. The van der Waals surface area contributed by atoms with Gasteiger partial charge in [-0.25, -0.2) is 4.79 Å². The van der Waals surface area contributed by atoms with Crippen LogP contribution in [-0.2, 0) is 35.8 Å². The van der Waals surface area contributed by atoms with Crippen LogP contribution in [0.1, 0.15) is 24.5 Å². The highest BCUT2D eigenvalue weighted by molar-refractivity contribution is 7.17. The summed E-state index contributed by atoms with van der Waals surface area (Å²) < 4.78 is 2.78. The highest BCUT2D eigenvalue weighted by atomic mass is 32.1. The molecule has 8 nitrogen and oxygen atoms in total. The molecule has 0 bridgehead atoms. The first-order valence-electron chi connectivity index (χ1n) is 11.8. The molecule has 2 aromatic heterocycles. The number of carbonyl (C=O) groups is 2. The van der Waals surface area contributed by atoms with Crippen LogP contribution < -0.4 is 16.6 Å². The number of benzene rings is 2. The van der Waals surface area contributed by atoms with Crippen molar-refractivity contribution in [3.05, 3.63) is 104 Å². The number of hydrogen-bond donors (Lipinski definition) is 1. The zero-order valence-electron chi connectivity index (χ0n) is 20.1. The third-order valence-electron chi connectivity index (χ3n) is 5.98. The molecule has 0 unspecified atom stereocenters. The molecule has 9 heteroatoms. The predicted molar refractivity (Wildman–Crippen MR) is 141 cm³/mol. The maximum Gasteiger partial charge on any atom is 0.332 e. The Hall–Kier alpha value is -3.98. The quantitative estimate of drug-likeness (QED) is 0.359. The minimum absolute atomic E-state index is 0.0259. The summed E-state index contributed by atoms with van der Waals surface area (Å²) in [6.07, 6.45) is -0.0259. The molecule has 36 heavy (non-hydrogen) atoms. The maximum atomic E-state index is 13.3. The number of nitrogens with zero attached hydrogens (tertiary/aromatic N) is 3. The molecule has 4 rings (SSSR count). The van der Waals surface area contributed by atoms with Crippen molar-refractivity contribution >= 4 is 33.4 Å². The van der Waals surface area contributed by atoms with Crippen molar-refractivity contribution in [1.82, 2.24) is 19.4 Å². The van der Waals surface area contributed by atoms with Crippen LogP contribution in [0.25, 0.3) is 10.2 Å². The van der Waals surface area contributed by atoms with Crippen LogP contribution in [0.15, 0.2) is 81.7 Å². The Bertz CT molecular complexity index is 1460. The van der Waals surface area contributed by atoms with Crippen LogP contribution in [0, 0.1) is 0 Å². The molecule has 0 fully saturated rings. The Morgan fingerprint density at radius 3 is 2.25 bits per heavy atom. The minimum atomic E-state index is -0.592. The first-order chi connectivity index (χ1) is 17.5. The van der Waals surface area contributed by atoms with E-state index in [0.29, 0.717) is 29.9 Å². The molecule has 0 radical (unpaired) electrons. The summed E-state index contributed by atoms with van der Waals surface area (Å²) in [6.45, 7) is 2.91. The normalized spacial score (nSPS) is 10.9. The van der Waals surface area contributed by atoms with Crippen LogP contribution >= 0.6 is 11.3 Å². The topological polar surface area (TPSA) is 93.4 Å². The number of carbonyl (C=O) groups excluding carboxylic acids is 2. The first-order valence-corrected chi connectivity index (χ1v) is 12.7. The molecule has 0 aliphatic rings. The summed E-state index contributed by atoms with van der Waals surface area (Å²) in [5.41, 5.74) is 1.35. The van der Waals surface area contributed by atoms with E-state index in [1.54, 1.807) is 16.3 Å². The van der Waals surface area contributed by atoms with Gasteiger partial charge in [0.15, 0.2) is 0 Å².